The minimum absolute atomic E-state index is 0. The summed E-state index contributed by atoms with van der Waals surface area (Å²) in [6, 6.07) is 8.30. The number of nitrogens with zero attached hydrogens (tertiary/aromatic N) is 2. The first-order chi connectivity index (χ1) is 10.3. The lowest BCUT2D eigenvalue weighted by Gasteiger charge is -2.27. The summed E-state index contributed by atoms with van der Waals surface area (Å²) >= 11 is 0. The van der Waals surface area contributed by atoms with E-state index < -0.39 is 0 Å². The summed E-state index contributed by atoms with van der Waals surface area (Å²) in [6.07, 6.45) is 3.75. The predicted octanol–water partition coefficient (Wildman–Crippen LogP) is 2.66. The van der Waals surface area contributed by atoms with Crippen molar-refractivity contribution in [3.05, 3.63) is 29.8 Å². The van der Waals surface area contributed by atoms with Gasteiger partial charge >= 0.3 is 0 Å². The fraction of sp³-hybridized carbons (Fsp3) is 0.562. The van der Waals surface area contributed by atoms with Crippen molar-refractivity contribution >= 4 is 35.6 Å². The first-order valence-corrected chi connectivity index (χ1v) is 7.66. The molecule has 0 aromatic heterocycles. The molecule has 0 bridgehead atoms. The number of benzene rings is 1. The zero-order valence-corrected chi connectivity index (χ0v) is 15.6. The number of hydrogen-bond acceptors (Lipinski definition) is 3. The van der Waals surface area contributed by atoms with Crippen LogP contribution in [0.15, 0.2) is 29.3 Å². The Labute approximate surface area is 150 Å². The Bertz CT molecular complexity index is 444. The molecule has 1 aromatic carbocycles. The summed E-state index contributed by atoms with van der Waals surface area (Å²) in [5.74, 6) is 0.678. The molecule has 124 valence electrons. The van der Waals surface area contributed by atoms with Crippen LogP contribution < -0.4 is 11.1 Å². The molecule has 0 unspecified atom stereocenters. The molecule has 0 radical (unpaired) electrons. The van der Waals surface area contributed by atoms with E-state index in [0.717, 1.165) is 25.3 Å². The average Bonchev–Trinajstić information content (AvgIpc) is 2.55. The molecule has 1 fully saturated rings. The van der Waals surface area contributed by atoms with E-state index in [2.05, 4.69) is 39.5 Å². The maximum absolute atomic E-state index is 6.06. The zero-order chi connectivity index (χ0) is 14.9. The Morgan fingerprint density at radius 1 is 1.23 bits per heavy atom. The largest absolute Gasteiger partial charge is 0.383 e. The predicted molar refractivity (Wildman–Crippen MR) is 103 cm³/mol. The highest BCUT2D eigenvalue weighted by Gasteiger charge is 2.11. The Morgan fingerprint density at radius 2 is 1.91 bits per heavy atom. The lowest BCUT2D eigenvalue weighted by molar-refractivity contribution is 0.211. The zero-order valence-electron chi connectivity index (χ0n) is 13.3. The smallest absolute Gasteiger partial charge is 0.191 e. The molecule has 0 amide bonds. The summed E-state index contributed by atoms with van der Waals surface area (Å²) in [5, 5.41) is 3.30. The molecule has 3 N–H and O–H groups in total. The van der Waals surface area contributed by atoms with Gasteiger partial charge in [-0.15, -0.1) is 24.0 Å². The van der Waals surface area contributed by atoms with Gasteiger partial charge < -0.3 is 20.7 Å². The molecular weight excluding hydrogens is 391 g/mol. The van der Waals surface area contributed by atoms with E-state index in [1.165, 1.54) is 24.8 Å². The molecule has 1 saturated heterocycles. The summed E-state index contributed by atoms with van der Waals surface area (Å²) in [7, 11) is 1.70. The van der Waals surface area contributed by atoms with Crippen molar-refractivity contribution in [3.63, 3.8) is 0 Å². The number of ether oxygens (including phenoxy) is 1. The summed E-state index contributed by atoms with van der Waals surface area (Å²) in [6.45, 7) is 4.24. The van der Waals surface area contributed by atoms with Crippen molar-refractivity contribution in [2.24, 2.45) is 10.7 Å². The minimum atomic E-state index is 0. The van der Waals surface area contributed by atoms with Gasteiger partial charge in [0.2, 0.25) is 0 Å². The van der Waals surface area contributed by atoms with Crippen molar-refractivity contribution in [1.82, 2.24) is 4.90 Å². The number of guanidine groups is 1. The van der Waals surface area contributed by atoms with E-state index >= 15 is 0 Å². The molecule has 1 aliphatic rings. The van der Waals surface area contributed by atoms with E-state index in [1.807, 2.05) is 0 Å². The van der Waals surface area contributed by atoms with Gasteiger partial charge in [-0.05, 0) is 37.0 Å². The molecular formula is C16H27IN4O. The molecule has 2 rings (SSSR count). The van der Waals surface area contributed by atoms with Crippen LogP contribution in [0.1, 0.15) is 24.8 Å². The van der Waals surface area contributed by atoms with Gasteiger partial charge in [0, 0.05) is 32.4 Å². The van der Waals surface area contributed by atoms with Crippen LogP contribution in [0, 0.1) is 0 Å². The highest BCUT2D eigenvalue weighted by Crippen LogP contribution is 2.11. The summed E-state index contributed by atoms with van der Waals surface area (Å²) in [5.41, 5.74) is 8.33. The van der Waals surface area contributed by atoms with Gasteiger partial charge in [-0.2, -0.15) is 0 Å². The van der Waals surface area contributed by atoms with Crippen molar-refractivity contribution in [1.29, 1.82) is 0 Å². The van der Waals surface area contributed by atoms with Gasteiger partial charge in [-0.3, -0.25) is 0 Å². The molecule has 1 heterocycles. The van der Waals surface area contributed by atoms with E-state index in [9.17, 15) is 0 Å². The number of likely N-dealkylation sites (tertiary alicyclic amines) is 1. The topological polar surface area (TPSA) is 62.9 Å². The monoisotopic (exact) mass is 418 g/mol. The SMILES string of the molecule is COCCNc1ccc(CN=C(N)N2CCCCC2)cc1.I. The fourth-order valence-electron chi connectivity index (χ4n) is 2.42. The Hall–Kier alpha value is -1.02. The van der Waals surface area contributed by atoms with Crippen molar-refractivity contribution < 1.29 is 4.74 Å². The number of nitrogens with two attached hydrogens (primary N) is 1. The third-order valence-corrected chi connectivity index (χ3v) is 3.69. The normalized spacial score (nSPS) is 15.3. The van der Waals surface area contributed by atoms with Crippen LogP contribution in [0.3, 0.4) is 0 Å². The van der Waals surface area contributed by atoms with Crippen LogP contribution in [0.2, 0.25) is 0 Å². The Kier molecular flexibility index (Phi) is 9.22. The van der Waals surface area contributed by atoms with Gasteiger partial charge in [0.1, 0.15) is 0 Å². The molecule has 0 atom stereocenters. The van der Waals surface area contributed by atoms with Gasteiger partial charge in [0.15, 0.2) is 5.96 Å². The molecule has 22 heavy (non-hydrogen) atoms. The highest BCUT2D eigenvalue weighted by atomic mass is 127. The van der Waals surface area contributed by atoms with Crippen molar-refractivity contribution in [3.8, 4) is 0 Å². The van der Waals surface area contributed by atoms with Crippen LogP contribution in [-0.2, 0) is 11.3 Å². The second-order valence-corrected chi connectivity index (χ2v) is 5.34. The van der Waals surface area contributed by atoms with Crippen molar-refractivity contribution in [2.45, 2.75) is 25.8 Å². The molecule has 1 aromatic rings. The van der Waals surface area contributed by atoms with Gasteiger partial charge in [-0.1, -0.05) is 12.1 Å². The van der Waals surface area contributed by atoms with Gasteiger partial charge in [0.25, 0.3) is 0 Å². The number of methoxy groups -OCH3 is 1. The van der Waals surface area contributed by atoms with Gasteiger partial charge in [0.05, 0.1) is 13.2 Å². The van der Waals surface area contributed by atoms with E-state index in [-0.39, 0.29) is 24.0 Å². The van der Waals surface area contributed by atoms with E-state index in [4.69, 9.17) is 10.5 Å². The number of hydrogen-bond donors (Lipinski definition) is 2. The Balaban J connectivity index is 0.00000242. The maximum atomic E-state index is 6.06. The molecule has 0 saturated carbocycles. The molecule has 0 aliphatic carbocycles. The average molecular weight is 418 g/mol. The number of aliphatic imine (C=N–C) groups is 1. The minimum Gasteiger partial charge on any atom is -0.383 e. The second kappa shape index (κ2) is 10.7. The van der Waals surface area contributed by atoms with Crippen LogP contribution in [0.5, 0.6) is 0 Å². The third kappa shape index (κ3) is 6.39. The van der Waals surface area contributed by atoms with Crippen LogP contribution in [0.25, 0.3) is 0 Å². The summed E-state index contributed by atoms with van der Waals surface area (Å²) < 4.78 is 5.01. The number of nitrogens with one attached hydrogen (secondary N) is 1. The second-order valence-electron chi connectivity index (χ2n) is 5.34. The van der Waals surface area contributed by atoms with Crippen molar-refractivity contribution in [2.75, 3.05) is 38.7 Å². The number of anilines is 1. The molecule has 6 heteroatoms. The fourth-order valence-corrected chi connectivity index (χ4v) is 2.42. The van der Waals surface area contributed by atoms with E-state index in [0.29, 0.717) is 19.1 Å². The lowest BCUT2D eigenvalue weighted by Crippen LogP contribution is -2.40. The Morgan fingerprint density at radius 3 is 2.55 bits per heavy atom. The highest BCUT2D eigenvalue weighted by molar-refractivity contribution is 14.0. The maximum Gasteiger partial charge on any atom is 0.191 e. The summed E-state index contributed by atoms with van der Waals surface area (Å²) in [4.78, 5) is 6.69. The van der Waals surface area contributed by atoms with Gasteiger partial charge in [-0.25, -0.2) is 4.99 Å². The standard InChI is InChI=1S/C16H26N4O.HI/c1-21-12-9-18-15-7-5-14(6-8-15)13-19-16(17)20-10-3-2-4-11-20;/h5-8,18H,2-4,9-13H2,1H3,(H2,17,19);1H. The first-order valence-electron chi connectivity index (χ1n) is 7.66. The van der Waals surface area contributed by atoms with Crippen LogP contribution >= 0.6 is 24.0 Å². The number of halogens is 1. The van der Waals surface area contributed by atoms with E-state index in [1.54, 1.807) is 7.11 Å². The van der Waals surface area contributed by atoms with Crippen LogP contribution in [-0.4, -0.2) is 44.2 Å². The van der Waals surface area contributed by atoms with Crippen LogP contribution in [0.4, 0.5) is 5.69 Å². The molecule has 5 nitrogen and oxygen atoms in total. The number of piperidine rings is 1. The number of rotatable bonds is 6. The molecule has 0 spiro atoms. The lowest BCUT2D eigenvalue weighted by atomic mass is 10.1. The molecule has 1 aliphatic heterocycles. The third-order valence-electron chi connectivity index (χ3n) is 3.69. The first kappa shape index (κ1) is 19.0. The quantitative estimate of drug-likeness (QED) is 0.323.